The quantitative estimate of drug-likeness (QED) is 0.722. The Morgan fingerprint density at radius 3 is 2.67 bits per heavy atom. The van der Waals surface area contributed by atoms with Crippen molar-refractivity contribution < 1.29 is 4.74 Å². The Morgan fingerprint density at radius 1 is 1.50 bits per heavy atom. The molecule has 0 amide bonds. The van der Waals surface area contributed by atoms with Gasteiger partial charge in [0, 0.05) is 17.3 Å². The van der Waals surface area contributed by atoms with E-state index < -0.39 is 0 Å². The Balaban J connectivity index is 3.11. The molecule has 0 radical (unpaired) electrons. The average molecular weight is 166 g/mol. The zero-order valence-corrected chi connectivity index (χ0v) is 7.66. The fourth-order valence-corrected chi connectivity index (χ4v) is 1.05. The maximum Gasteiger partial charge on any atom is 0.218 e. The van der Waals surface area contributed by atoms with Gasteiger partial charge in [0.15, 0.2) is 0 Å². The van der Waals surface area contributed by atoms with Crippen LogP contribution in [-0.4, -0.2) is 12.1 Å². The van der Waals surface area contributed by atoms with Crippen LogP contribution in [0.5, 0.6) is 5.88 Å². The molecule has 1 heterocycles. The Bertz CT molecular complexity index is 271. The number of hydrogen-bond donors (Lipinski definition) is 1. The van der Waals surface area contributed by atoms with E-state index in [-0.39, 0.29) is 6.04 Å². The van der Waals surface area contributed by atoms with E-state index in [1.54, 1.807) is 7.11 Å². The molecule has 0 saturated heterocycles. The minimum atomic E-state index is -0.0342. The van der Waals surface area contributed by atoms with E-state index in [2.05, 4.69) is 4.98 Å². The lowest BCUT2D eigenvalue weighted by molar-refractivity contribution is 0.388. The summed E-state index contributed by atoms with van der Waals surface area (Å²) in [6.45, 7) is 3.84. The molecule has 66 valence electrons. The number of pyridine rings is 1. The van der Waals surface area contributed by atoms with Crippen LogP contribution in [0.25, 0.3) is 0 Å². The van der Waals surface area contributed by atoms with Crippen molar-refractivity contribution in [1.82, 2.24) is 4.98 Å². The number of rotatable bonds is 2. The van der Waals surface area contributed by atoms with Crippen molar-refractivity contribution in [3.05, 3.63) is 23.4 Å². The fourth-order valence-electron chi connectivity index (χ4n) is 1.05. The summed E-state index contributed by atoms with van der Waals surface area (Å²) in [6, 6.07) is 3.85. The smallest absolute Gasteiger partial charge is 0.218 e. The molecular formula is C9H14N2O. The molecule has 1 atom stereocenters. The van der Waals surface area contributed by atoms with Gasteiger partial charge >= 0.3 is 0 Å². The van der Waals surface area contributed by atoms with E-state index >= 15 is 0 Å². The van der Waals surface area contributed by atoms with Crippen molar-refractivity contribution in [1.29, 1.82) is 0 Å². The number of aryl methyl sites for hydroxylation is 1. The SMILES string of the molecule is COc1nc(C)ccc1C(C)N. The molecule has 3 nitrogen and oxygen atoms in total. The van der Waals surface area contributed by atoms with Crippen LogP contribution in [0.2, 0.25) is 0 Å². The van der Waals surface area contributed by atoms with E-state index in [0.717, 1.165) is 11.3 Å². The van der Waals surface area contributed by atoms with Gasteiger partial charge in [0.05, 0.1) is 7.11 Å². The number of nitrogens with zero attached hydrogens (tertiary/aromatic N) is 1. The standard InChI is InChI=1S/C9H14N2O/c1-6-4-5-8(7(2)10)9(11-6)12-3/h4-5,7H,10H2,1-3H3. The molecule has 0 saturated carbocycles. The predicted octanol–water partition coefficient (Wildman–Crippen LogP) is 1.42. The highest BCUT2D eigenvalue weighted by Crippen LogP contribution is 2.20. The molecule has 0 aromatic carbocycles. The van der Waals surface area contributed by atoms with E-state index in [9.17, 15) is 0 Å². The van der Waals surface area contributed by atoms with Crippen LogP contribution in [0.15, 0.2) is 12.1 Å². The van der Waals surface area contributed by atoms with Crippen LogP contribution in [0.4, 0.5) is 0 Å². The van der Waals surface area contributed by atoms with Gasteiger partial charge in [-0.3, -0.25) is 0 Å². The molecule has 1 rings (SSSR count). The highest BCUT2D eigenvalue weighted by Gasteiger charge is 2.07. The average Bonchev–Trinajstić information content (AvgIpc) is 2.03. The lowest BCUT2D eigenvalue weighted by Gasteiger charge is -2.10. The Hall–Kier alpha value is -1.09. The first kappa shape index (κ1) is 9.00. The highest BCUT2D eigenvalue weighted by atomic mass is 16.5. The van der Waals surface area contributed by atoms with E-state index in [4.69, 9.17) is 10.5 Å². The molecule has 0 fully saturated rings. The van der Waals surface area contributed by atoms with Crippen molar-refractivity contribution in [3.8, 4) is 5.88 Å². The highest BCUT2D eigenvalue weighted by molar-refractivity contribution is 5.30. The minimum Gasteiger partial charge on any atom is -0.481 e. The van der Waals surface area contributed by atoms with Crippen molar-refractivity contribution in [3.63, 3.8) is 0 Å². The van der Waals surface area contributed by atoms with Gasteiger partial charge in [-0.1, -0.05) is 6.07 Å². The third-order valence-corrected chi connectivity index (χ3v) is 1.71. The Kier molecular flexibility index (Phi) is 2.65. The lowest BCUT2D eigenvalue weighted by atomic mass is 10.1. The van der Waals surface area contributed by atoms with Crippen molar-refractivity contribution >= 4 is 0 Å². The van der Waals surface area contributed by atoms with Gasteiger partial charge in [0.1, 0.15) is 0 Å². The molecule has 1 aromatic rings. The van der Waals surface area contributed by atoms with Crippen LogP contribution < -0.4 is 10.5 Å². The first-order valence-electron chi connectivity index (χ1n) is 3.92. The molecule has 0 aliphatic heterocycles. The van der Waals surface area contributed by atoms with Crippen molar-refractivity contribution in [2.75, 3.05) is 7.11 Å². The summed E-state index contributed by atoms with van der Waals surface area (Å²) in [4.78, 5) is 4.21. The molecule has 2 N–H and O–H groups in total. The van der Waals surface area contributed by atoms with E-state index in [1.165, 1.54) is 0 Å². The normalized spacial score (nSPS) is 12.7. The van der Waals surface area contributed by atoms with Gasteiger partial charge in [-0.2, -0.15) is 0 Å². The van der Waals surface area contributed by atoms with Gasteiger partial charge < -0.3 is 10.5 Å². The third kappa shape index (κ3) is 1.74. The molecule has 1 unspecified atom stereocenters. The molecule has 0 aliphatic carbocycles. The molecular weight excluding hydrogens is 152 g/mol. The number of nitrogens with two attached hydrogens (primary N) is 1. The fraction of sp³-hybridized carbons (Fsp3) is 0.444. The maximum atomic E-state index is 5.72. The van der Waals surface area contributed by atoms with Crippen LogP contribution in [0.1, 0.15) is 24.2 Å². The number of ether oxygens (including phenoxy) is 1. The molecule has 12 heavy (non-hydrogen) atoms. The lowest BCUT2D eigenvalue weighted by Crippen LogP contribution is -2.08. The molecule has 3 heteroatoms. The number of aromatic nitrogens is 1. The largest absolute Gasteiger partial charge is 0.481 e. The zero-order chi connectivity index (χ0) is 9.14. The van der Waals surface area contributed by atoms with Crippen LogP contribution >= 0.6 is 0 Å². The predicted molar refractivity (Wildman–Crippen MR) is 48.1 cm³/mol. The second kappa shape index (κ2) is 3.54. The number of methoxy groups -OCH3 is 1. The summed E-state index contributed by atoms with van der Waals surface area (Å²) >= 11 is 0. The summed E-state index contributed by atoms with van der Waals surface area (Å²) in [5.41, 5.74) is 7.61. The van der Waals surface area contributed by atoms with Gasteiger partial charge in [0.2, 0.25) is 5.88 Å². The summed E-state index contributed by atoms with van der Waals surface area (Å²) in [7, 11) is 1.60. The monoisotopic (exact) mass is 166 g/mol. The van der Waals surface area contributed by atoms with E-state index in [0.29, 0.717) is 5.88 Å². The van der Waals surface area contributed by atoms with Crippen LogP contribution in [0, 0.1) is 6.92 Å². The van der Waals surface area contributed by atoms with Gasteiger partial charge in [-0.05, 0) is 19.9 Å². The first-order valence-corrected chi connectivity index (χ1v) is 3.92. The van der Waals surface area contributed by atoms with E-state index in [1.807, 2.05) is 26.0 Å². The van der Waals surface area contributed by atoms with Crippen molar-refractivity contribution in [2.45, 2.75) is 19.9 Å². The second-order valence-corrected chi connectivity index (χ2v) is 2.84. The summed E-state index contributed by atoms with van der Waals surface area (Å²) in [5.74, 6) is 0.630. The van der Waals surface area contributed by atoms with Crippen LogP contribution in [0.3, 0.4) is 0 Å². The van der Waals surface area contributed by atoms with Gasteiger partial charge in [-0.25, -0.2) is 4.98 Å². The molecule has 1 aromatic heterocycles. The molecule has 0 bridgehead atoms. The Labute approximate surface area is 72.6 Å². The molecule has 0 spiro atoms. The third-order valence-electron chi connectivity index (χ3n) is 1.71. The zero-order valence-electron chi connectivity index (χ0n) is 7.66. The molecule has 0 aliphatic rings. The van der Waals surface area contributed by atoms with Crippen molar-refractivity contribution in [2.24, 2.45) is 5.73 Å². The topological polar surface area (TPSA) is 48.1 Å². The van der Waals surface area contributed by atoms with Gasteiger partial charge in [-0.15, -0.1) is 0 Å². The van der Waals surface area contributed by atoms with Gasteiger partial charge in [0.25, 0.3) is 0 Å². The number of hydrogen-bond acceptors (Lipinski definition) is 3. The maximum absolute atomic E-state index is 5.72. The Morgan fingerprint density at radius 2 is 2.17 bits per heavy atom. The first-order chi connectivity index (χ1) is 5.65. The summed E-state index contributed by atoms with van der Waals surface area (Å²) < 4.78 is 5.10. The summed E-state index contributed by atoms with van der Waals surface area (Å²) in [6.07, 6.45) is 0. The van der Waals surface area contributed by atoms with Crippen LogP contribution in [-0.2, 0) is 0 Å². The minimum absolute atomic E-state index is 0.0342. The second-order valence-electron chi connectivity index (χ2n) is 2.84. The summed E-state index contributed by atoms with van der Waals surface area (Å²) in [5, 5.41) is 0.